The predicted octanol–water partition coefficient (Wildman–Crippen LogP) is -0.944. The summed E-state index contributed by atoms with van der Waals surface area (Å²) in [6, 6.07) is 0. The number of rotatable bonds is 1. The summed E-state index contributed by atoms with van der Waals surface area (Å²) < 4.78 is 0. The Labute approximate surface area is 90.9 Å². The van der Waals surface area contributed by atoms with Crippen LogP contribution in [0.25, 0.3) is 11.2 Å². The highest BCUT2D eigenvalue weighted by atomic mass is 16.1. The second kappa shape index (κ2) is 3.60. The Morgan fingerprint density at radius 2 is 2.00 bits per heavy atom. The zero-order chi connectivity index (χ0) is 11.0. The summed E-state index contributed by atoms with van der Waals surface area (Å²) in [5.74, 6) is 0.796. The van der Waals surface area contributed by atoms with E-state index in [1.54, 1.807) is 0 Å². The lowest BCUT2D eigenvalue weighted by Crippen LogP contribution is -2.44. The molecule has 3 rings (SSSR count). The highest BCUT2D eigenvalue weighted by Crippen LogP contribution is 2.18. The van der Waals surface area contributed by atoms with Crippen LogP contribution in [0.1, 0.15) is 0 Å². The molecular weight excluding hydrogens is 208 g/mol. The van der Waals surface area contributed by atoms with Gasteiger partial charge < -0.3 is 15.2 Å². The largest absolute Gasteiger partial charge is 0.352 e. The van der Waals surface area contributed by atoms with E-state index >= 15 is 0 Å². The lowest BCUT2D eigenvalue weighted by Gasteiger charge is -2.28. The maximum atomic E-state index is 11.2. The number of aromatic amines is 2. The summed E-state index contributed by atoms with van der Waals surface area (Å²) >= 11 is 0. The Kier molecular flexibility index (Phi) is 2.10. The molecule has 3 N–H and O–H groups in total. The summed E-state index contributed by atoms with van der Waals surface area (Å²) in [7, 11) is 0. The Bertz CT molecular complexity index is 552. The minimum Gasteiger partial charge on any atom is -0.352 e. The van der Waals surface area contributed by atoms with Gasteiger partial charge in [0.15, 0.2) is 11.5 Å². The van der Waals surface area contributed by atoms with Crippen molar-refractivity contribution in [1.29, 1.82) is 0 Å². The molecule has 84 valence electrons. The first-order valence-electron chi connectivity index (χ1n) is 5.23. The average Bonchev–Trinajstić information content (AvgIpc) is 2.70. The maximum Gasteiger partial charge on any atom is 0.325 e. The van der Waals surface area contributed by atoms with Gasteiger partial charge in [-0.25, -0.2) is 14.8 Å². The lowest BCUT2D eigenvalue weighted by atomic mass is 10.3. The van der Waals surface area contributed by atoms with Gasteiger partial charge >= 0.3 is 5.69 Å². The number of anilines is 1. The van der Waals surface area contributed by atoms with Gasteiger partial charge in [0, 0.05) is 26.2 Å². The van der Waals surface area contributed by atoms with E-state index in [2.05, 4.69) is 30.2 Å². The van der Waals surface area contributed by atoms with Gasteiger partial charge in [-0.3, -0.25) is 4.98 Å². The van der Waals surface area contributed by atoms with Crippen LogP contribution < -0.4 is 15.9 Å². The molecule has 0 aliphatic carbocycles. The molecule has 0 amide bonds. The molecule has 1 saturated heterocycles. The van der Waals surface area contributed by atoms with Gasteiger partial charge in [-0.15, -0.1) is 0 Å². The van der Waals surface area contributed by atoms with E-state index in [9.17, 15) is 4.79 Å². The van der Waals surface area contributed by atoms with E-state index in [1.165, 1.54) is 6.33 Å². The van der Waals surface area contributed by atoms with Crippen LogP contribution in [-0.4, -0.2) is 46.1 Å². The van der Waals surface area contributed by atoms with Crippen molar-refractivity contribution in [2.45, 2.75) is 0 Å². The van der Waals surface area contributed by atoms with Crippen LogP contribution in [0.3, 0.4) is 0 Å². The smallest absolute Gasteiger partial charge is 0.325 e. The zero-order valence-corrected chi connectivity index (χ0v) is 8.66. The first kappa shape index (κ1) is 9.34. The minimum atomic E-state index is -0.244. The molecule has 2 aromatic rings. The van der Waals surface area contributed by atoms with Gasteiger partial charge in [-0.05, 0) is 0 Å². The standard InChI is InChI=1S/C9H12N6O/c16-9-13-6-7(14-9)11-5-12-8(6)15-3-1-10-2-4-15/h5,10H,1-4H2,(H2,11,12,13,14,16). The zero-order valence-electron chi connectivity index (χ0n) is 8.66. The van der Waals surface area contributed by atoms with Crippen LogP contribution in [-0.2, 0) is 0 Å². The molecule has 16 heavy (non-hydrogen) atoms. The molecular formula is C9H12N6O. The Balaban J connectivity index is 2.11. The number of piperazine rings is 1. The Morgan fingerprint density at radius 3 is 2.81 bits per heavy atom. The molecule has 0 aromatic carbocycles. The topological polar surface area (TPSA) is 89.7 Å². The number of hydrogen-bond donors (Lipinski definition) is 3. The fraction of sp³-hybridized carbons (Fsp3) is 0.444. The van der Waals surface area contributed by atoms with Crippen LogP contribution in [0.15, 0.2) is 11.1 Å². The van der Waals surface area contributed by atoms with Crippen molar-refractivity contribution in [3.8, 4) is 0 Å². The van der Waals surface area contributed by atoms with Crippen molar-refractivity contribution in [3.05, 3.63) is 16.8 Å². The molecule has 3 heterocycles. The lowest BCUT2D eigenvalue weighted by molar-refractivity contribution is 0.586. The van der Waals surface area contributed by atoms with E-state index < -0.39 is 0 Å². The molecule has 0 unspecified atom stereocenters. The number of nitrogens with one attached hydrogen (secondary N) is 3. The van der Waals surface area contributed by atoms with Crippen molar-refractivity contribution in [2.24, 2.45) is 0 Å². The predicted molar refractivity (Wildman–Crippen MR) is 59.6 cm³/mol. The third-order valence-corrected chi connectivity index (χ3v) is 2.71. The van der Waals surface area contributed by atoms with Crippen LogP contribution in [0.4, 0.5) is 5.82 Å². The molecule has 7 heteroatoms. The molecule has 1 aliphatic rings. The van der Waals surface area contributed by atoms with E-state index in [0.29, 0.717) is 11.2 Å². The Hall–Kier alpha value is -1.89. The summed E-state index contributed by atoms with van der Waals surface area (Å²) in [4.78, 5) is 27.0. The van der Waals surface area contributed by atoms with Crippen LogP contribution in [0.5, 0.6) is 0 Å². The van der Waals surface area contributed by atoms with Gasteiger partial charge in [-0.2, -0.15) is 0 Å². The summed E-state index contributed by atoms with van der Waals surface area (Å²) in [6.07, 6.45) is 1.48. The van der Waals surface area contributed by atoms with E-state index in [0.717, 1.165) is 32.0 Å². The molecule has 1 fully saturated rings. The summed E-state index contributed by atoms with van der Waals surface area (Å²) in [6.45, 7) is 3.64. The number of imidazole rings is 1. The minimum absolute atomic E-state index is 0.244. The summed E-state index contributed by atoms with van der Waals surface area (Å²) in [5, 5.41) is 3.27. The molecule has 2 aromatic heterocycles. The van der Waals surface area contributed by atoms with Crippen molar-refractivity contribution < 1.29 is 0 Å². The van der Waals surface area contributed by atoms with Crippen molar-refractivity contribution in [1.82, 2.24) is 25.3 Å². The van der Waals surface area contributed by atoms with Crippen molar-refractivity contribution in [2.75, 3.05) is 31.1 Å². The van der Waals surface area contributed by atoms with E-state index in [-0.39, 0.29) is 5.69 Å². The number of aromatic nitrogens is 4. The molecule has 1 aliphatic heterocycles. The van der Waals surface area contributed by atoms with Crippen molar-refractivity contribution >= 4 is 17.0 Å². The normalized spacial score (nSPS) is 16.9. The fourth-order valence-electron chi connectivity index (χ4n) is 1.95. The second-order valence-corrected chi connectivity index (χ2v) is 3.74. The summed E-state index contributed by atoms with van der Waals surface area (Å²) in [5.41, 5.74) is 1.01. The number of hydrogen-bond acceptors (Lipinski definition) is 5. The van der Waals surface area contributed by atoms with Gasteiger partial charge in [-0.1, -0.05) is 0 Å². The number of H-pyrrole nitrogens is 2. The van der Waals surface area contributed by atoms with Gasteiger partial charge in [0.25, 0.3) is 0 Å². The quantitative estimate of drug-likeness (QED) is 0.577. The van der Waals surface area contributed by atoms with Gasteiger partial charge in [0.05, 0.1) is 0 Å². The Morgan fingerprint density at radius 1 is 1.19 bits per heavy atom. The highest BCUT2D eigenvalue weighted by molar-refractivity contribution is 5.82. The molecule has 0 spiro atoms. The van der Waals surface area contributed by atoms with E-state index in [1.807, 2.05) is 0 Å². The third kappa shape index (κ3) is 1.45. The molecule has 0 saturated carbocycles. The van der Waals surface area contributed by atoms with Crippen molar-refractivity contribution in [3.63, 3.8) is 0 Å². The van der Waals surface area contributed by atoms with Crippen LogP contribution >= 0.6 is 0 Å². The third-order valence-electron chi connectivity index (χ3n) is 2.71. The molecule has 7 nitrogen and oxygen atoms in total. The number of nitrogens with zero attached hydrogens (tertiary/aromatic N) is 3. The molecule has 0 bridgehead atoms. The SMILES string of the molecule is O=c1[nH]c2ncnc(N3CCNCC3)c2[nH]1. The molecule has 0 radical (unpaired) electrons. The first-order valence-corrected chi connectivity index (χ1v) is 5.23. The maximum absolute atomic E-state index is 11.2. The van der Waals surface area contributed by atoms with E-state index in [4.69, 9.17) is 0 Å². The number of fused-ring (bicyclic) bond motifs is 1. The first-order chi connectivity index (χ1) is 7.84. The highest BCUT2D eigenvalue weighted by Gasteiger charge is 2.16. The van der Waals surface area contributed by atoms with Gasteiger partial charge in [0.2, 0.25) is 0 Å². The van der Waals surface area contributed by atoms with Crippen LogP contribution in [0.2, 0.25) is 0 Å². The second-order valence-electron chi connectivity index (χ2n) is 3.74. The average molecular weight is 220 g/mol. The molecule has 0 atom stereocenters. The van der Waals surface area contributed by atoms with Crippen LogP contribution in [0, 0.1) is 0 Å². The van der Waals surface area contributed by atoms with Gasteiger partial charge in [0.1, 0.15) is 11.8 Å². The monoisotopic (exact) mass is 220 g/mol. The fourth-order valence-corrected chi connectivity index (χ4v) is 1.95.